The molecule has 122 valence electrons. The van der Waals surface area contributed by atoms with Crippen molar-refractivity contribution in [1.29, 1.82) is 0 Å². The maximum Gasteiger partial charge on any atom is 0.191 e. The van der Waals surface area contributed by atoms with E-state index in [0.717, 1.165) is 32.0 Å². The Balaban J connectivity index is 0.00000176. The van der Waals surface area contributed by atoms with Crippen LogP contribution in [0.5, 0.6) is 0 Å². The first-order chi connectivity index (χ1) is 10.4. The Morgan fingerprint density at radius 3 is 2.50 bits per heavy atom. The van der Waals surface area contributed by atoms with E-state index in [0.29, 0.717) is 5.41 Å². The number of halogens is 1. The van der Waals surface area contributed by atoms with Gasteiger partial charge >= 0.3 is 0 Å². The van der Waals surface area contributed by atoms with Gasteiger partial charge in [0.15, 0.2) is 5.96 Å². The molecule has 0 bridgehead atoms. The Kier molecular flexibility index (Phi) is 6.99. The van der Waals surface area contributed by atoms with Crippen LogP contribution in [0.15, 0.2) is 35.3 Å². The lowest BCUT2D eigenvalue weighted by atomic mass is 9.70. The highest BCUT2D eigenvalue weighted by Gasteiger charge is 2.32. The standard InChI is InChI=1S/C18H27N3.HI/c1-3-8-16(9-4-1)14-18(10-5-2-6-11-18)15-21-17-19-12-7-13-20-17;/h1,3-4,8-9H,2,5-7,10-15H2,(H2,19,20,21);1H. The normalized spacial score (nSPS) is 20.3. The molecule has 1 aromatic carbocycles. The highest BCUT2D eigenvalue weighted by Crippen LogP contribution is 2.38. The molecule has 1 saturated carbocycles. The molecule has 0 atom stereocenters. The Bertz CT molecular complexity index is 466. The van der Waals surface area contributed by atoms with E-state index in [1.165, 1.54) is 44.1 Å². The SMILES string of the molecule is I.c1ccc(CC2(CNC3=NCCCN3)CCCCC2)cc1. The van der Waals surface area contributed by atoms with Gasteiger partial charge in [-0.3, -0.25) is 4.99 Å². The van der Waals surface area contributed by atoms with Crippen molar-refractivity contribution in [3.8, 4) is 0 Å². The van der Waals surface area contributed by atoms with Crippen molar-refractivity contribution in [1.82, 2.24) is 10.6 Å². The van der Waals surface area contributed by atoms with Gasteiger partial charge in [-0.15, -0.1) is 24.0 Å². The summed E-state index contributed by atoms with van der Waals surface area (Å²) in [6, 6.07) is 11.0. The topological polar surface area (TPSA) is 36.4 Å². The van der Waals surface area contributed by atoms with E-state index in [1.807, 2.05) is 0 Å². The van der Waals surface area contributed by atoms with E-state index < -0.39 is 0 Å². The summed E-state index contributed by atoms with van der Waals surface area (Å²) < 4.78 is 0. The van der Waals surface area contributed by atoms with Gasteiger partial charge in [0.1, 0.15) is 0 Å². The third-order valence-corrected chi connectivity index (χ3v) is 4.86. The van der Waals surface area contributed by atoms with Gasteiger partial charge in [-0.2, -0.15) is 0 Å². The zero-order valence-corrected chi connectivity index (χ0v) is 15.6. The molecule has 3 rings (SSSR count). The van der Waals surface area contributed by atoms with Crippen molar-refractivity contribution >= 4 is 29.9 Å². The minimum Gasteiger partial charge on any atom is -0.356 e. The maximum atomic E-state index is 4.55. The summed E-state index contributed by atoms with van der Waals surface area (Å²) in [5.41, 5.74) is 1.88. The van der Waals surface area contributed by atoms with E-state index in [4.69, 9.17) is 0 Å². The number of nitrogens with one attached hydrogen (secondary N) is 2. The molecule has 3 nitrogen and oxygen atoms in total. The van der Waals surface area contributed by atoms with Gasteiger partial charge in [0.25, 0.3) is 0 Å². The number of aliphatic imine (C=N–C) groups is 1. The molecule has 0 amide bonds. The van der Waals surface area contributed by atoms with Gasteiger partial charge in [-0.05, 0) is 36.7 Å². The summed E-state index contributed by atoms with van der Waals surface area (Å²) in [6.07, 6.45) is 9.15. The first kappa shape index (κ1) is 17.6. The number of nitrogens with zero attached hydrogens (tertiary/aromatic N) is 1. The van der Waals surface area contributed by atoms with Gasteiger partial charge in [-0.25, -0.2) is 0 Å². The second-order valence-corrected chi connectivity index (χ2v) is 6.59. The zero-order valence-electron chi connectivity index (χ0n) is 13.3. The number of guanidine groups is 1. The lowest BCUT2D eigenvalue weighted by Gasteiger charge is -2.38. The van der Waals surface area contributed by atoms with Gasteiger partial charge in [0, 0.05) is 19.6 Å². The zero-order chi connectivity index (χ0) is 14.4. The summed E-state index contributed by atoms with van der Waals surface area (Å²) in [5, 5.41) is 6.97. The Hall–Kier alpha value is -0.780. The molecule has 0 spiro atoms. The average molecular weight is 413 g/mol. The van der Waals surface area contributed by atoms with Crippen LogP contribution in [-0.2, 0) is 6.42 Å². The Morgan fingerprint density at radius 2 is 1.82 bits per heavy atom. The van der Waals surface area contributed by atoms with Crippen LogP contribution in [0.25, 0.3) is 0 Å². The van der Waals surface area contributed by atoms with Crippen molar-refractivity contribution in [2.45, 2.75) is 44.9 Å². The highest BCUT2D eigenvalue weighted by molar-refractivity contribution is 14.0. The number of benzene rings is 1. The molecule has 1 aliphatic heterocycles. The van der Waals surface area contributed by atoms with Crippen LogP contribution >= 0.6 is 24.0 Å². The second-order valence-electron chi connectivity index (χ2n) is 6.59. The van der Waals surface area contributed by atoms with Crippen molar-refractivity contribution in [2.75, 3.05) is 19.6 Å². The molecule has 1 fully saturated rings. The predicted octanol–water partition coefficient (Wildman–Crippen LogP) is 3.74. The Labute approximate surface area is 151 Å². The first-order valence-corrected chi connectivity index (χ1v) is 8.43. The molecule has 2 N–H and O–H groups in total. The van der Waals surface area contributed by atoms with Crippen molar-refractivity contribution in [3.05, 3.63) is 35.9 Å². The summed E-state index contributed by atoms with van der Waals surface area (Å²) in [7, 11) is 0. The van der Waals surface area contributed by atoms with E-state index in [1.54, 1.807) is 0 Å². The largest absolute Gasteiger partial charge is 0.356 e. The summed E-state index contributed by atoms with van der Waals surface area (Å²) in [6.45, 7) is 3.06. The molecule has 0 unspecified atom stereocenters. The monoisotopic (exact) mass is 413 g/mol. The van der Waals surface area contributed by atoms with Gasteiger partial charge < -0.3 is 10.6 Å². The fourth-order valence-corrected chi connectivity index (χ4v) is 3.67. The smallest absolute Gasteiger partial charge is 0.191 e. The molecule has 0 aromatic heterocycles. The third kappa shape index (κ3) is 4.86. The van der Waals surface area contributed by atoms with Crippen LogP contribution in [0.4, 0.5) is 0 Å². The average Bonchev–Trinajstić information content (AvgIpc) is 2.56. The number of hydrogen-bond acceptors (Lipinski definition) is 3. The molecule has 1 aliphatic carbocycles. The fraction of sp³-hybridized carbons (Fsp3) is 0.611. The number of hydrogen-bond donors (Lipinski definition) is 2. The van der Waals surface area contributed by atoms with Crippen molar-refractivity contribution in [2.24, 2.45) is 10.4 Å². The second kappa shape index (κ2) is 8.75. The fourth-order valence-electron chi connectivity index (χ4n) is 3.67. The van der Waals surface area contributed by atoms with Gasteiger partial charge in [0.2, 0.25) is 0 Å². The number of rotatable bonds is 4. The maximum absolute atomic E-state index is 4.55. The lowest BCUT2D eigenvalue weighted by Crippen LogP contribution is -2.47. The molecule has 1 aromatic rings. The van der Waals surface area contributed by atoms with Gasteiger partial charge in [0.05, 0.1) is 0 Å². The third-order valence-electron chi connectivity index (χ3n) is 4.86. The van der Waals surface area contributed by atoms with Crippen LogP contribution in [0.1, 0.15) is 44.1 Å². The summed E-state index contributed by atoms with van der Waals surface area (Å²) in [4.78, 5) is 4.55. The van der Waals surface area contributed by atoms with Crippen molar-refractivity contribution in [3.63, 3.8) is 0 Å². The van der Waals surface area contributed by atoms with E-state index in [2.05, 4.69) is 46.0 Å². The van der Waals surface area contributed by atoms with Crippen LogP contribution in [0.2, 0.25) is 0 Å². The highest BCUT2D eigenvalue weighted by atomic mass is 127. The van der Waals surface area contributed by atoms with Crippen molar-refractivity contribution < 1.29 is 0 Å². The van der Waals surface area contributed by atoms with Crippen LogP contribution < -0.4 is 10.6 Å². The van der Waals surface area contributed by atoms with Gasteiger partial charge in [-0.1, -0.05) is 49.6 Å². The summed E-state index contributed by atoms with van der Waals surface area (Å²) >= 11 is 0. The molecule has 4 heteroatoms. The van der Waals surface area contributed by atoms with E-state index >= 15 is 0 Å². The van der Waals surface area contributed by atoms with Crippen LogP contribution in [-0.4, -0.2) is 25.6 Å². The molecule has 0 radical (unpaired) electrons. The van der Waals surface area contributed by atoms with E-state index in [-0.39, 0.29) is 24.0 Å². The first-order valence-electron chi connectivity index (χ1n) is 8.43. The quantitative estimate of drug-likeness (QED) is 0.738. The predicted molar refractivity (Wildman–Crippen MR) is 104 cm³/mol. The molecule has 0 saturated heterocycles. The minimum atomic E-state index is 0. The molecule has 1 heterocycles. The summed E-state index contributed by atoms with van der Waals surface area (Å²) in [5.74, 6) is 1.01. The van der Waals surface area contributed by atoms with Crippen LogP contribution in [0.3, 0.4) is 0 Å². The molecular formula is C18H28IN3. The van der Waals surface area contributed by atoms with Crippen LogP contribution in [0, 0.1) is 5.41 Å². The minimum absolute atomic E-state index is 0. The molecule has 22 heavy (non-hydrogen) atoms. The Morgan fingerprint density at radius 1 is 1.05 bits per heavy atom. The van der Waals surface area contributed by atoms with E-state index in [9.17, 15) is 0 Å². The lowest BCUT2D eigenvalue weighted by molar-refractivity contribution is 0.189. The molecule has 2 aliphatic rings. The molecular weight excluding hydrogens is 385 g/mol.